The number of halogens is 1. The van der Waals surface area contributed by atoms with Gasteiger partial charge in [-0.2, -0.15) is 0 Å². The van der Waals surface area contributed by atoms with E-state index in [0.717, 1.165) is 22.9 Å². The minimum absolute atomic E-state index is 0.0157. The molecule has 0 radical (unpaired) electrons. The minimum atomic E-state index is -0.190. The SMILES string of the molecule is O=C(C=Cc1ccccc1Br)NCCC(=O)NC1CCCC1. The Morgan fingerprint density at radius 2 is 1.95 bits per heavy atom. The van der Waals surface area contributed by atoms with Gasteiger partial charge in [0.05, 0.1) is 0 Å². The molecule has 2 N–H and O–H groups in total. The average molecular weight is 365 g/mol. The van der Waals surface area contributed by atoms with Crippen LogP contribution in [0.5, 0.6) is 0 Å². The Morgan fingerprint density at radius 3 is 2.68 bits per heavy atom. The van der Waals surface area contributed by atoms with E-state index in [1.54, 1.807) is 6.08 Å². The van der Waals surface area contributed by atoms with Crippen molar-refractivity contribution in [1.82, 2.24) is 10.6 Å². The van der Waals surface area contributed by atoms with Crippen LogP contribution in [0.4, 0.5) is 0 Å². The molecule has 0 saturated heterocycles. The van der Waals surface area contributed by atoms with Gasteiger partial charge in [-0.15, -0.1) is 0 Å². The summed E-state index contributed by atoms with van der Waals surface area (Å²) in [5.74, 6) is -0.175. The van der Waals surface area contributed by atoms with Gasteiger partial charge in [-0.25, -0.2) is 0 Å². The lowest BCUT2D eigenvalue weighted by Crippen LogP contribution is -2.35. The summed E-state index contributed by atoms with van der Waals surface area (Å²) in [6.07, 6.45) is 8.10. The standard InChI is InChI=1S/C17H21BrN2O2/c18-15-8-4-1-5-13(15)9-10-16(21)19-12-11-17(22)20-14-6-2-3-7-14/h1,4-5,8-10,14H,2-3,6-7,11-12H2,(H,19,21)(H,20,22). The zero-order valence-corrected chi connectivity index (χ0v) is 14.1. The predicted molar refractivity (Wildman–Crippen MR) is 91.2 cm³/mol. The van der Waals surface area contributed by atoms with Crippen molar-refractivity contribution in [2.45, 2.75) is 38.1 Å². The van der Waals surface area contributed by atoms with Crippen LogP contribution in [0.15, 0.2) is 34.8 Å². The van der Waals surface area contributed by atoms with Gasteiger partial charge in [-0.05, 0) is 30.5 Å². The van der Waals surface area contributed by atoms with Crippen LogP contribution in [-0.4, -0.2) is 24.4 Å². The Labute approximate surface area is 139 Å². The van der Waals surface area contributed by atoms with Crippen LogP contribution in [0.2, 0.25) is 0 Å². The van der Waals surface area contributed by atoms with E-state index in [1.807, 2.05) is 24.3 Å². The summed E-state index contributed by atoms with van der Waals surface area (Å²) in [5.41, 5.74) is 0.941. The summed E-state index contributed by atoms with van der Waals surface area (Å²) in [6, 6.07) is 8.01. The van der Waals surface area contributed by atoms with Crippen molar-refractivity contribution >= 4 is 33.8 Å². The minimum Gasteiger partial charge on any atom is -0.353 e. The lowest BCUT2D eigenvalue weighted by Gasteiger charge is -2.11. The molecule has 1 saturated carbocycles. The Hall–Kier alpha value is -1.62. The maximum atomic E-state index is 11.7. The summed E-state index contributed by atoms with van der Waals surface area (Å²) >= 11 is 3.42. The molecule has 0 spiro atoms. The molecule has 2 rings (SSSR count). The number of hydrogen-bond acceptors (Lipinski definition) is 2. The van der Waals surface area contributed by atoms with Gasteiger partial charge < -0.3 is 10.6 Å². The Bertz CT molecular complexity index is 551. The van der Waals surface area contributed by atoms with Crippen LogP contribution in [0.1, 0.15) is 37.7 Å². The molecule has 1 fully saturated rings. The highest BCUT2D eigenvalue weighted by atomic mass is 79.9. The highest BCUT2D eigenvalue weighted by molar-refractivity contribution is 9.10. The molecule has 0 bridgehead atoms. The maximum Gasteiger partial charge on any atom is 0.244 e. The molecule has 0 aromatic heterocycles. The van der Waals surface area contributed by atoms with E-state index in [2.05, 4.69) is 26.6 Å². The summed E-state index contributed by atoms with van der Waals surface area (Å²) < 4.78 is 0.940. The number of amides is 2. The molecule has 1 aliphatic rings. The molecule has 22 heavy (non-hydrogen) atoms. The van der Waals surface area contributed by atoms with Gasteiger partial charge in [-0.1, -0.05) is 47.0 Å². The second kappa shape index (κ2) is 8.73. The first kappa shape index (κ1) is 16.7. The van der Waals surface area contributed by atoms with E-state index in [0.29, 0.717) is 19.0 Å². The number of nitrogens with one attached hydrogen (secondary N) is 2. The molecule has 0 aliphatic heterocycles. The second-order valence-electron chi connectivity index (χ2n) is 5.44. The Balaban J connectivity index is 1.67. The fraction of sp³-hybridized carbons (Fsp3) is 0.412. The third kappa shape index (κ3) is 5.64. The fourth-order valence-corrected chi connectivity index (χ4v) is 2.92. The van der Waals surface area contributed by atoms with Crippen LogP contribution in [-0.2, 0) is 9.59 Å². The van der Waals surface area contributed by atoms with E-state index >= 15 is 0 Å². The zero-order valence-electron chi connectivity index (χ0n) is 12.5. The molecule has 1 aliphatic carbocycles. The first-order valence-corrected chi connectivity index (χ1v) is 8.44. The van der Waals surface area contributed by atoms with Crippen LogP contribution < -0.4 is 10.6 Å². The largest absolute Gasteiger partial charge is 0.353 e. The van der Waals surface area contributed by atoms with Crippen molar-refractivity contribution < 1.29 is 9.59 Å². The molecule has 0 unspecified atom stereocenters. The summed E-state index contributed by atoms with van der Waals surface area (Å²) in [5, 5.41) is 5.73. The topological polar surface area (TPSA) is 58.2 Å². The zero-order chi connectivity index (χ0) is 15.8. The maximum absolute atomic E-state index is 11.7. The van der Waals surface area contributed by atoms with Crippen LogP contribution in [0, 0.1) is 0 Å². The molecular weight excluding hydrogens is 344 g/mol. The van der Waals surface area contributed by atoms with E-state index in [9.17, 15) is 9.59 Å². The van der Waals surface area contributed by atoms with Gasteiger partial charge in [0.15, 0.2) is 0 Å². The number of hydrogen-bond donors (Lipinski definition) is 2. The molecule has 5 heteroatoms. The van der Waals surface area contributed by atoms with Crippen LogP contribution >= 0.6 is 15.9 Å². The van der Waals surface area contributed by atoms with Gasteiger partial charge in [0.25, 0.3) is 0 Å². The van der Waals surface area contributed by atoms with E-state index in [1.165, 1.54) is 18.9 Å². The molecule has 4 nitrogen and oxygen atoms in total. The van der Waals surface area contributed by atoms with Gasteiger partial charge in [0, 0.05) is 29.6 Å². The van der Waals surface area contributed by atoms with Crippen molar-refractivity contribution in [2.75, 3.05) is 6.54 Å². The first-order valence-electron chi connectivity index (χ1n) is 7.65. The third-order valence-corrected chi connectivity index (χ3v) is 4.41. The van der Waals surface area contributed by atoms with E-state index < -0.39 is 0 Å². The quantitative estimate of drug-likeness (QED) is 0.762. The smallest absolute Gasteiger partial charge is 0.244 e. The van der Waals surface area contributed by atoms with Crippen LogP contribution in [0.3, 0.4) is 0 Å². The first-order chi connectivity index (χ1) is 10.6. The molecule has 0 heterocycles. The van der Waals surface area contributed by atoms with Crippen molar-refractivity contribution in [1.29, 1.82) is 0 Å². The summed E-state index contributed by atoms with van der Waals surface area (Å²) in [4.78, 5) is 23.4. The third-order valence-electron chi connectivity index (χ3n) is 3.69. The van der Waals surface area contributed by atoms with E-state index in [-0.39, 0.29) is 11.8 Å². The fourth-order valence-electron chi connectivity index (χ4n) is 2.50. The molecule has 0 atom stereocenters. The monoisotopic (exact) mass is 364 g/mol. The Kier molecular flexibility index (Phi) is 6.65. The number of benzene rings is 1. The van der Waals surface area contributed by atoms with E-state index in [4.69, 9.17) is 0 Å². The molecule has 1 aromatic rings. The number of carbonyl (C=O) groups excluding carboxylic acids is 2. The predicted octanol–water partition coefficient (Wildman–Crippen LogP) is 3.03. The molecular formula is C17H21BrN2O2. The lowest BCUT2D eigenvalue weighted by molar-refractivity contribution is -0.121. The Morgan fingerprint density at radius 1 is 1.23 bits per heavy atom. The molecule has 118 valence electrons. The molecule has 2 amide bonds. The molecule has 1 aromatic carbocycles. The summed E-state index contributed by atoms with van der Waals surface area (Å²) in [7, 11) is 0. The average Bonchev–Trinajstić information content (AvgIpc) is 2.99. The van der Waals surface area contributed by atoms with Gasteiger partial charge in [-0.3, -0.25) is 9.59 Å². The van der Waals surface area contributed by atoms with Gasteiger partial charge in [0.1, 0.15) is 0 Å². The van der Waals surface area contributed by atoms with Gasteiger partial charge >= 0.3 is 0 Å². The van der Waals surface area contributed by atoms with Crippen molar-refractivity contribution in [3.8, 4) is 0 Å². The van der Waals surface area contributed by atoms with Crippen molar-refractivity contribution in [3.63, 3.8) is 0 Å². The van der Waals surface area contributed by atoms with Crippen molar-refractivity contribution in [2.24, 2.45) is 0 Å². The normalized spacial score (nSPS) is 15.1. The highest BCUT2D eigenvalue weighted by Crippen LogP contribution is 2.18. The number of rotatable bonds is 6. The van der Waals surface area contributed by atoms with Crippen LogP contribution in [0.25, 0.3) is 6.08 Å². The highest BCUT2D eigenvalue weighted by Gasteiger charge is 2.16. The van der Waals surface area contributed by atoms with Gasteiger partial charge in [0.2, 0.25) is 11.8 Å². The summed E-state index contributed by atoms with van der Waals surface area (Å²) in [6.45, 7) is 0.359. The number of carbonyl (C=O) groups is 2. The second-order valence-corrected chi connectivity index (χ2v) is 6.30. The lowest BCUT2D eigenvalue weighted by atomic mass is 10.2. The van der Waals surface area contributed by atoms with Crippen molar-refractivity contribution in [3.05, 3.63) is 40.4 Å².